The molecule has 35 heavy (non-hydrogen) atoms. The lowest BCUT2D eigenvalue weighted by Crippen LogP contribution is -2.17. The van der Waals surface area contributed by atoms with E-state index in [1.165, 1.54) is 22.9 Å². The maximum Gasteiger partial charge on any atom is 0.293 e. The molecular formula is C24H21N5O5S. The standard InChI is InChI=1S/C24H21N5O5S/c1-15-7-12-20(21(13-15)29(31)32)26-24(30)22-14-16(2)27-28(22)18-10-8-17(9-11-18)19-5-3-4-6-23(19)35(25,33)34/h3-14H,1-2H3,(H,26,30)(H2,25,33,34). The van der Waals surface area contributed by atoms with E-state index in [0.717, 1.165) is 0 Å². The molecule has 4 rings (SSSR count). The van der Waals surface area contributed by atoms with Crippen LogP contribution in [0.5, 0.6) is 0 Å². The van der Waals surface area contributed by atoms with E-state index in [4.69, 9.17) is 5.14 Å². The van der Waals surface area contributed by atoms with Gasteiger partial charge in [0.1, 0.15) is 11.4 Å². The average Bonchev–Trinajstić information content (AvgIpc) is 3.21. The van der Waals surface area contributed by atoms with Crippen LogP contribution >= 0.6 is 0 Å². The molecule has 0 aliphatic rings. The normalized spacial score (nSPS) is 11.3. The van der Waals surface area contributed by atoms with E-state index in [2.05, 4.69) is 10.4 Å². The highest BCUT2D eigenvalue weighted by atomic mass is 32.2. The van der Waals surface area contributed by atoms with Crippen molar-refractivity contribution in [3.8, 4) is 16.8 Å². The molecule has 10 nitrogen and oxygen atoms in total. The predicted octanol–water partition coefficient (Wildman–Crippen LogP) is 3.96. The fourth-order valence-electron chi connectivity index (χ4n) is 3.68. The van der Waals surface area contributed by atoms with Gasteiger partial charge in [0.2, 0.25) is 10.0 Å². The molecule has 0 unspecified atom stereocenters. The molecule has 4 aromatic rings. The summed E-state index contributed by atoms with van der Waals surface area (Å²) in [6.07, 6.45) is 0. The number of hydrogen-bond acceptors (Lipinski definition) is 6. The number of sulfonamides is 1. The van der Waals surface area contributed by atoms with Gasteiger partial charge in [0.25, 0.3) is 11.6 Å². The third kappa shape index (κ3) is 4.95. The molecule has 178 valence electrons. The SMILES string of the molecule is Cc1ccc(NC(=O)c2cc(C)nn2-c2ccc(-c3ccccc3S(N)(=O)=O)cc2)c([N+](=O)[O-])c1. The lowest BCUT2D eigenvalue weighted by atomic mass is 10.1. The molecule has 0 spiro atoms. The number of nitro benzene ring substituents is 1. The maximum absolute atomic E-state index is 13.0. The number of nitro groups is 1. The molecule has 0 saturated carbocycles. The highest BCUT2D eigenvalue weighted by molar-refractivity contribution is 7.89. The minimum Gasteiger partial charge on any atom is -0.315 e. The van der Waals surface area contributed by atoms with Crippen molar-refractivity contribution in [3.63, 3.8) is 0 Å². The molecule has 0 fully saturated rings. The summed E-state index contributed by atoms with van der Waals surface area (Å²) in [5.74, 6) is -0.568. The molecule has 0 atom stereocenters. The summed E-state index contributed by atoms with van der Waals surface area (Å²) in [6, 6.07) is 19.3. The first-order chi connectivity index (χ1) is 16.5. The third-order valence-electron chi connectivity index (χ3n) is 5.28. The fourth-order valence-corrected chi connectivity index (χ4v) is 4.44. The number of anilines is 1. The largest absolute Gasteiger partial charge is 0.315 e. The number of rotatable bonds is 6. The Kier molecular flexibility index (Phi) is 6.20. The van der Waals surface area contributed by atoms with Crippen LogP contribution in [-0.2, 0) is 10.0 Å². The van der Waals surface area contributed by atoms with Crippen molar-refractivity contribution in [3.05, 3.63) is 99.9 Å². The van der Waals surface area contributed by atoms with Gasteiger partial charge in [0.05, 0.1) is 21.2 Å². The molecule has 3 aromatic carbocycles. The first kappa shape index (κ1) is 23.8. The van der Waals surface area contributed by atoms with Crippen molar-refractivity contribution in [2.75, 3.05) is 5.32 Å². The lowest BCUT2D eigenvalue weighted by Gasteiger charge is -2.11. The zero-order valence-corrected chi connectivity index (χ0v) is 19.6. The van der Waals surface area contributed by atoms with Crippen molar-refractivity contribution in [2.24, 2.45) is 5.14 Å². The molecule has 0 aliphatic carbocycles. The van der Waals surface area contributed by atoms with Crippen LogP contribution in [0.4, 0.5) is 11.4 Å². The maximum atomic E-state index is 13.0. The third-order valence-corrected chi connectivity index (χ3v) is 6.25. The summed E-state index contributed by atoms with van der Waals surface area (Å²) in [7, 11) is -3.92. The second kappa shape index (κ2) is 9.12. The Balaban J connectivity index is 1.68. The summed E-state index contributed by atoms with van der Waals surface area (Å²) in [6.45, 7) is 3.44. The monoisotopic (exact) mass is 491 g/mol. The number of nitrogens with two attached hydrogens (primary N) is 1. The number of nitrogens with zero attached hydrogens (tertiary/aromatic N) is 3. The molecule has 0 saturated heterocycles. The topological polar surface area (TPSA) is 150 Å². The highest BCUT2D eigenvalue weighted by Gasteiger charge is 2.21. The van der Waals surface area contributed by atoms with Gasteiger partial charge in [0, 0.05) is 11.6 Å². The fraction of sp³-hybridized carbons (Fsp3) is 0.0833. The van der Waals surface area contributed by atoms with Crippen LogP contribution in [0.25, 0.3) is 16.8 Å². The second-order valence-corrected chi connectivity index (χ2v) is 9.43. The van der Waals surface area contributed by atoms with E-state index < -0.39 is 20.9 Å². The molecule has 11 heteroatoms. The number of carbonyl (C=O) groups is 1. The van der Waals surface area contributed by atoms with Gasteiger partial charge in [-0.2, -0.15) is 5.10 Å². The van der Waals surface area contributed by atoms with Crippen LogP contribution < -0.4 is 10.5 Å². The molecule has 1 heterocycles. The Bertz CT molecular complexity index is 1560. The molecule has 1 aromatic heterocycles. The van der Waals surface area contributed by atoms with Gasteiger partial charge in [-0.05, 0) is 55.3 Å². The first-order valence-electron chi connectivity index (χ1n) is 10.4. The molecule has 0 bridgehead atoms. The summed E-state index contributed by atoms with van der Waals surface area (Å²) < 4.78 is 25.3. The number of carbonyl (C=O) groups excluding carboxylic acids is 1. The smallest absolute Gasteiger partial charge is 0.293 e. The quantitative estimate of drug-likeness (QED) is 0.308. The second-order valence-electron chi connectivity index (χ2n) is 7.90. The van der Waals surface area contributed by atoms with Crippen LogP contribution in [0.15, 0.2) is 77.7 Å². The van der Waals surface area contributed by atoms with Crippen molar-refractivity contribution < 1.29 is 18.1 Å². The highest BCUT2D eigenvalue weighted by Crippen LogP contribution is 2.29. The van der Waals surface area contributed by atoms with E-state index in [0.29, 0.717) is 28.1 Å². The number of primary sulfonamides is 1. The summed E-state index contributed by atoms with van der Waals surface area (Å²) in [4.78, 5) is 23.9. The number of hydrogen-bond donors (Lipinski definition) is 2. The average molecular weight is 492 g/mol. The number of aromatic nitrogens is 2. The number of benzene rings is 3. The molecule has 1 amide bonds. The van der Waals surface area contributed by atoms with Crippen LogP contribution in [0, 0.1) is 24.0 Å². The summed E-state index contributed by atoms with van der Waals surface area (Å²) in [5, 5.41) is 23.7. The zero-order valence-electron chi connectivity index (χ0n) is 18.8. The Morgan fingerprint density at radius 1 is 1.03 bits per heavy atom. The minimum absolute atomic E-state index is 0.00226. The van der Waals surface area contributed by atoms with E-state index in [1.807, 2.05) is 0 Å². The number of nitrogens with one attached hydrogen (secondary N) is 1. The lowest BCUT2D eigenvalue weighted by molar-refractivity contribution is -0.384. The Hall–Kier alpha value is -4.35. The van der Waals surface area contributed by atoms with Gasteiger partial charge in [-0.25, -0.2) is 18.2 Å². The number of aryl methyl sites for hydroxylation is 2. The molecule has 0 aliphatic heterocycles. The van der Waals surface area contributed by atoms with E-state index in [9.17, 15) is 23.3 Å². The van der Waals surface area contributed by atoms with Gasteiger partial charge in [-0.1, -0.05) is 36.4 Å². The Morgan fingerprint density at radius 3 is 2.37 bits per heavy atom. The van der Waals surface area contributed by atoms with Gasteiger partial charge >= 0.3 is 0 Å². The number of amides is 1. The molecule has 3 N–H and O–H groups in total. The zero-order chi connectivity index (χ0) is 25.3. The van der Waals surface area contributed by atoms with Crippen molar-refractivity contribution in [1.29, 1.82) is 0 Å². The molecular weight excluding hydrogens is 470 g/mol. The molecule has 0 radical (unpaired) electrons. The summed E-state index contributed by atoms with van der Waals surface area (Å²) in [5.41, 5.74) is 2.90. The van der Waals surface area contributed by atoms with Crippen LogP contribution in [-0.4, -0.2) is 29.0 Å². The first-order valence-corrected chi connectivity index (χ1v) is 11.9. The van der Waals surface area contributed by atoms with Gasteiger partial charge < -0.3 is 5.32 Å². The predicted molar refractivity (Wildman–Crippen MR) is 131 cm³/mol. The van der Waals surface area contributed by atoms with Gasteiger partial charge in [-0.3, -0.25) is 14.9 Å². The van der Waals surface area contributed by atoms with Gasteiger partial charge in [-0.15, -0.1) is 0 Å². The van der Waals surface area contributed by atoms with E-state index in [1.54, 1.807) is 68.4 Å². The van der Waals surface area contributed by atoms with Crippen molar-refractivity contribution >= 4 is 27.3 Å². The summed E-state index contributed by atoms with van der Waals surface area (Å²) >= 11 is 0. The van der Waals surface area contributed by atoms with E-state index in [-0.39, 0.29) is 22.0 Å². The van der Waals surface area contributed by atoms with Crippen molar-refractivity contribution in [2.45, 2.75) is 18.7 Å². The Labute approximate surface area is 201 Å². The van der Waals surface area contributed by atoms with Crippen LogP contribution in [0.3, 0.4) is 0 Å². The van der Waals surface area contributed by atoms with Crippen molar-refractivity contribution in [1.82, 2.24) is 9.78 Å². The van der Waals surface area contributed by atoms with Gasteiger partial charge in [0.15, 0.2) is 0 Å². The van der Waals surface area contributed by atoms with Crippen LogP contribution in [0.2, 0.25) is 0 Å². The minimum atomic E-state index is -3.92. The van der Waals surface area contributed by atoms with E-state index >= 15 is 0 Å². The Morgan fingerprint density at radius 2 is 1.71 bits per heavy atom. The van der Waals surface area contributed by atoms with Crippen LogP contribution in [0.1, 0.15) is 21.7 Å².